The molecule has 1 aliphatic heterocycles. The van der Waals surface area contributed by atoms with Crippen molar-refractivity contribution >= 4 is 10.0 Å². The molecule has 1 aromatic carbocycles. The third-order valence-electron chi connectivity index (χ3n) is 3.65. The molecule has 0 aliphatic carbocycles. The molecule has 2 rings (SSSR count). The van der Waals surface area contributed by atoms with Gasteiger partial charge in [-0.05, 0) is 37.0 Å². The van der Waals surface area contributed by atoms with Crippen molar-refractivity contribution < 1.29 is 17.9 Å². The van der Waals surface area contributed by atoms with Crippen molar-refractivity contribution in [3.63, 3.8) is 0 Å². The van der Waals surface area contributed by atoms with E-state index in [4.69, 9.17) is 10.4 Å². The van der Waals surface area contributed by atoms with E-state index >= 15 is 0 Å². The Kier molecular flexibility index (Phi) is 4.93. The van der Waals surface area contributed by atoms with E-state index in [0.717, 1.165) is 12.5 Å². The highest BCUT2D eigenvalue weighted by Gasteiger charge is 2.29. The van der Waals surface area contributed by atoms with Crippen LogP contribution in [0.1, 0.15) is 24.0 Å². The highest BCUT2D eigenvalue weighted by Crippen LogP contribution is 2.22. The van der Waals surface area contributed by atoms with Crippen molar-refractivity contribution in [1.82, 2.24) is 4.31 Å². The van der Waals surface area contributed by atoms with Gasteiger partial charge < -0.3 is 5.11 Å². The quantitative estimate of drug-likeness (QED) is 0.906. The van der Waals surface area contributed by atoms with Crippen molar-refractivity contribution in [2.75, 3.05) is 19.7 Å². The van der Waals surface area contributed by atoms with Crippen LogP contribution in [0.25, 0.3) is 0 Å². The third kappa shape index (κ3) is 3.79. The number of halogens is 1. The van der Waals surface area contributed by atoms with Gasteiger partial charge in [-0.3, -0.25) is 0 Å². The molecule has 1 unspecified atom stereocenters. The molecule has 0 bridgehead atoms. The fourth-order valence-electron chi connectivity index (χ4n) is 2.47. The zero-order chi connectivity index (χ0) is 15.5. The first-order chi connectivity index (χ1) is 9.96. The molecule has 0 spiro atoms. The molecule has 0 amide bonds. The van der Waals surface area contributed by atoms with Crippen LogP contribution >= 0.6 is 0 Å². The molecule has 1 saturated heterocycles. The minimum atomic E-state index is -3.65. The number of nitriles is 1. The first-order valence-corrected chi connectivity index (χ1v) is 8.34. The normalized spacial score (nSPS) is 20.1. The van der Waals surface area contributed by atoms with Crippen molar-refractivity contribution in [3.8, 4) is 6.07 Å². The van der Waals surface area contributed by atoms with Crippen LogP contribution in [-0.4, -0.2) is 37.5 Å². The zero-order valence-electron chi connectivity index (χ0n) is 11.5. The summed E-state index contributed by atoms with van der Waals surface area (Å²) >= 11 is 0. The lowest BCUT2D eigenvalue weighted by atomic mass is 10.0. The lowest BCUT2D eigenvalue weighted by molar-refractivity contribution is 0.165. The minimum absolute atomic E-state index is 0.000159. The number of hydrogen-bond donors (Lipinski definition) is 1. The van der Waals surface area contributed by atoms with Gasteiger partial charge in [0.05, 0.1) is 17.4 Å². The molecule has 0 aromatic heterocycles. The molecule has 114 valence electrons. The summed E-state index contributed by atoms with van der Waals surface area (Å²) in [4.78, 5) is 0. The Labute approximate surface area is 123 Å². The summed E-state index contributed by atoms with van der Waals surface area (Å²) in [6.07, 6.45) is 1.48. The molecule has 5 nitrogen and oxygen atoms in total. The van der Waals surface area contributed by atoms with E-state index in [0.29, 0.717) is 13.0 Å². The highest BCUT2D eigenvalue weighted by atomic mass is 32.2. The summed E-state index contributed by atoms with van der Waals surface area (Å²) < 4.78 is 39.7. The maximum atomic E-state index is 13.7. The standard InChI is InChI=1S/C14H17FN2O3S/c15-14-4-3-11(7-16)6-13(14)10-21(19,20)17-5-1-2-12(8-17)9-18/h3-4,6,12,18H,1-2,5,8-10H2. The second-order valence-corrected chi connectivity index (χ2v) is 7.19. The van der Waals surface area contributed by atoms with E-state index in [2.05, 4.69) is 0 Å². The van der Waals surface area contributed by atoms with Gasteiger partial charge in [-0.15, -0.1) is 0 Å². The second-order valence-electron chi connectivity index (χ2n) is 5.22. The van der Waals surface area contributed by atoms with Crippen molar-refractivity contribution in [3.05, 3.63) is 35.1 Å². The van der Waals surface area contributed by atoms with Crippen LogP contribution in [0.15, 0.2) is 18.2 Å². The SMILES string of the molecule is N#Cc1ccc(F)c(CS(=O)(=O)N2CCCC(CO)C2)c1. The first-order valence-electron chi connectivity index (χ1n) is 6.73. The van der Waals surface area contributed by atoms with Gasteiger partial charge in [-0.25, -0.2) is 17.1 Å². The summed E-state index contributed by atoms with van der Waals surface area (Å²) in [7, 11) is -3.65. The number of nitrogens with zero attached hydrogens (tertiary/aromatic N) is 2. The Bertz CT molecular complexity index is 655. The monoisotopic (exact) mass is 312 g/mol. The third-order valence-corrected chi connectivity index (χ3v) is 5.44. The Morgan fingerprint density at radius 1 is 1.48 bits per heavy atom. The number of piperidine rings is 1. The van der Waals surface area contributed by atoms with E-state index in [-0.39, 0.29) is 30.2 Å². The van der Waals surface area contributed by atoms with Gasteiger partial charge in [0.2, 0.25) is 10.0 Å². The Balaban J connectivity index is 2.19. The van der Waals surface area contributed by atoms with Crippen LogP contribution in [0, 0.1) is 23.1 Å². The first kappa shape index (κ1) is 15.9. The van der Waals surface area contributed by atoms with Gasteiger partial charge in [-0.1, -0.05) is 0 Å². The lowest BCUT2D eigenvalue weighted by Gasteiger charge is -2.31. The molecule has 0 radical (unpaired) electrons. The van der Waals surface area contributed by atoms with Gasteiger partial charge in [0.1, 0.15) is 5.82 Å². The van der Waals surface area contributed by atoms with Gasteiger partial charge in [-0.2, -0.15) is 5.26 Å². The predicted molar refractivity (Wildman–Crippen MR) is 75.1 cm³/mol. The number of aliphatic hydroxyl groups excluding tert-OH is 1. The number of rotatable bonds is 4. The van der Waals surface area contributed by atoms with E-state index in [9.17, 15) is 12.8 Å². The van der Waals surface area contributed by atoms with Crippen LogP contribution in [0.5, 0.6) is 0 Å². The highest BCUT2D eigenvalue weighted by molar-refractivity contribution is 7.88. The molecular weight excluding hydrogens is 295 g/mol. The molecule has 1 heterocycles. The topological polar surface area (TPSA) is 81.4 Å². The number of benzene rings is 1. The smallest absolute Gasteiger partial charge is 0.218 e. The van der Waals surface area contributed by atoms with Crippen LogP contribution < -0.4 is 0 Å². The molecule has 1 N–H and O–H groups in total. The zero-order valence-corrected chi connectivity index (χ0v) is 12.3. The summed E-state index contributed by atoms with van der Waals surface area (Å²) in [5.41, 5.74) is 0.230. The van der Waals surface area contributed by atoms with Crippen molar-refractivity contribution in [2.24, 2.45) is 5.92 Å². The molecule has 0 saturated carbocycles. The average Bonchev–Trinajstić information content (AvgIpc) is 2.49. The molecular formula is C14H17FN2O3S. The van der Waals surface area contributed by atoms with E-state index in [1.165, 1.54) is 16.4 Å². The second kappa shape index (κ2) is 6.52. The number of aliphatic hydroxyl groups is 1. The number of hydrogen-bond acceptors (Lipinski definition) is 4. The molecule has 7 heteroatoms. The summed E-state index contributed by atoms with van der Waals surface area (Å²) in [6, 6.07) is 5.55. The summed E-state index contributed by atoms with van der Waals surface area (Å²) in [5, 5.41) is 18.0. The van der Waals surface area contributed by atoms with Crippen LogP contribution in [0.3, 0.4) is 0 Å². The van der Waals surface area contributed by atoms with Gasteiger partial charge >= 0.3 is 0 Å². The summed E-state index contributed by atoms with van der Waals surface area (Å²) in [5.74, 6) is -1.16. The maximum Gasteiger partial charge on any atom is 0.218 e. The largest absolute Gasteiger partial charge is 0.396 e. The molecule has 1 aliphatic rings. The summed E-state index contributed by atoms with van der Waals surface area (Å²) in [6.45, 7) is 0.598. The van der Waals surface area contributed by atoms with Crippen LogP contribution in [0.4, 0.5) is 4.39 Å². The fraction of sp³-hybridized carbons (Fsp3) is 0.500. The Morgan fingerprint density at radius 3 is 2.90 bits per heavy atom. The average molecular weight is 312 g/mol. The van der Waals surface area contributed by atoms with Gasteiger partial charge in [0.15, 0.2) is 0 Å². The fourth-order valence-corrected chi connectivity index (χ4v) is 4.11. The van der Waals surface area contributed by atoms with Gasteiger partial charge in [0, 0.05) is 25.3 Å². The molecule has 1 aromatic rings. The van der Waals surface area contributed by atoms with Crippen molar-refractivity contribution in [1.29, 1.82) is 5.26 Å². The Hall–Kier alpha value is -1.49. The van der Waals surface area contributed by atoms with Crippen LogP contribution in [0.2, 0.25) is 0 Å². The Morgan fingerprint density at radius 2 is 2.24 bits per heavy atom. The van der Waals surface area contributed by atoms with E-state index in [1.54, 1.807) is 0 Å². The van der Waals surface area contributed by atoms with Crippen molar-refractivity contribution in [2.45, 2.75) is 18.6 Å². The van der Waals surface area contributed by atoms with E-state index in [1.807, 2.05) is 6.07 Å². The minimum Gasteiger partial charge on any atom is -0.396 e. The number of sulfonamides is 1. The molecule has 1 fully saturated rings. The molecule has 1 atom stereocenters. The maximum absolute atomic E-state index is 13.7. The van der Waals surface area contributed by atoms with Gasteiger partial charge in [0.25, 0.3) is 0 Å². The molecule has 21 heavy (non-hydrogen) atoms. The predicted octanol–water partition coefficient (Wildman–Crippen LogP) is 1.23. The van der Waals surface area contributed by atoms with Crippen LogP contribution in [-0.2, 0) is 15.8 Å². The van der Waals surface area contributed by atoms with E-state index < -0.39 is 21.6 Å². The lowest BCUT2D eigenvalue weighted by Crippen LogP contribution is -2.41.